The summed E-state index contributed by atoms with van der Waals surface area (Å²) in [6, 6.07) is 19.1. The van der Waals surface area contributed by atoms with E-state index in [9.17, 15) is 10.1 Å². The van der Waals surface area contributed by atoms with Crippen LogP contribution in [0.25, 0.3) is 11.3 Å². The Morgan fingerprint density at radius 2 is 1.79 bits per heavy atom. The first kappa shape index (κ1) is 20.9. The Morgan fingerprint density at radius 3 is 2.45 bits per heavy atom. The maximum Gasteiger partial charge on any atom is 0.225 e. The van der Waals surface area contributed by atoms with Crippen molar-refractivity contribution in [3.63, 3.8) is 0 Å². The number of benzene rings is 2. The summed E-state index contributed by atoms with van der Waals surface area (Å²) in [7, 11) is 0. The molecule has 0 radical (unpaired) electrons. The van der Waals surface area contributed by atoms with Gasteiger partial charge in [-0.05, 0) is 49.2 Å². The zero-order valence-corrected chi connectivity index (χ0v) is 17.8. The van der Waals surface area contributed by atoms with Crippen LogP contribution in [0, 0.1) is 25.2 Å². The molecule has 0 unspecified atom stereocenters. The average molecular weight is 422 g/mol. The molecule has 2 aromatic carbocycles. The molecule has 3 rings (SSSR count). The molecule has 0 spiro atoms. The predicted molar refractivity (Wildman–Crippen MR) is 119 cm³/mol. The quantitative estimate of drug-likeness (QED) is 0.495. The van der Waals surface area contributed by atoms with E-state index < -0.39 is 0 Å². The molecule has 6 heteroatoms. The van der Waals surface area contributed by atoms with E-state index in [-0.39, 0.29) is 5.91 Å². The summed E-state index contributed by atoms with van der Waals surface area (Å²) in [5.74, 6) is 0.477. The third-order valence-corrected chi connectivity index (χ3v) is 5.68. The second kappa shape index (κ2) is 9.60. The van der Waals surface area contributed by atoms with Crippen molar-refractivity contribution in [1.29, 1.82) is 5.26 Å². The van der Waals surface area contributed by atoms with E-state index >= 15 is 0 Å². The summed E-state index contributed by atoms with van der Waals surface area (Å²) < 4.78 is 0. The smallest absolute Gasteiger partial charge is 0.225 e. The van der Waals surface area contributed by atoms with Crippen molar-refractivity contribution in [2.24, 2.45) is 0 Å². The number of aromatic nitrogens is 1. The number of hydrogen-bond donors (Lipinski definition) is 1. The van der Waals surface area contributed by atoms with E-state index in [0.717, 1.165) is 28.1 Å². The zero-order valence-electron chi connectivity index (χ0n) is 16.2. The number of hydrogen-bond acceptors (Lipinski definition) is 4. The van der Waals surface area contributed by atoms with E-state index in [0.29, 0.717) is 27.8 Å². The highest BCUT2D eigenvalue weighted by atomic mass is 35.5. The molecule has 1 N–H and O–H groups in total. The van der Waals surface area contributed by atoms with Gasteiger partial charge in [-0.15, -0.1) is 11.8 Å². The summed E-state index contributed by atoms with van der Waals surface area (Å²) >= 11 is 7.36. The van der Waals surface area contributed by atoms with Gasteiger partial charge in [-0.25, -0.2) is 4.98 Å². The number of nitriles is 1. The minimum Gasteiger partial charge on any atom is -0.326 e. The molecular weight excluding hydrogens is 402 g/mol. The highest BCUT2D eigenvalue weighted by Crippen LogP contribution is 2.27. The van der Waals surface area contributed by atoms with Crippen molar-refractivity contribution in [2.75, 3.05) is 11.1 Å². The van der Waals surface area contributed by atoms with Gasteiger partial charge in [0.25, 0.3) is 0 Å². The molecule has 0 aliphatic carbocycles. The predicted octanol–water partition coefficient (Wildman–Crippen LogP) is 6.01. The average Bonchev–Trinajstić information content (AvgIpc) is 2.71. The molecule has 0 fully saturated rings. The van der Waals surface area contributed by atoms with Gasteiger partial charge in [-0.1, -0.05) is 41.9 Å². The monoisotopic (exact) mass is 421 g/mol. The second-order valence-corrected chi connectivity index (χ2v) is 8.10. The first-order valence-corrected chi connectivity index (χ1v) is 10.5. The van der Waals surface area contributed by atoms with Crippen LogP contribution in [0.5, 0.6) is 0 Å². The van der Waals surface area contributed by atoms with Gasteiger partial charge in [0.1, 0.15) is 11.1 Å². The molecule has 29 heavy (non-hydrogen) atoms. The van der Waals surface area contributed by atoms with E-state index in [1.807, 2.05) is 62.4 Å². The molecule has 1 heterocycles. The minimum atomic E-state index is -0.0535. The lowest BCUT2D eigenvalue weighted by Gasteiger charge is -2.11. The van der Waals surface area contributed by atoms with E-state index in [1.54, 1.807) is 6.07 Å². The molecule has 1 amide bonds. The Labute approximate surface area is 179 Å². The molecule has 1 aromatic heterocycles. The molecule has 4 nitrogen and oxygen atoms in total. The molecule has 0 aliphatic heterocycles. The second-order valence-electron chi connectivity index (χ2n) is 6.58. The highest BCUT2D eigenvalue weighted by molar-refractivity contribution is 7.99. The minimum absolute atomic E-state index is 0.0535. The van der Waals surface area contributed by atoms with Crippen molar-refractivity contribution < 1.29 is 4.79 Å². The number of carbonyl (C=O) groups excluding carboxylic acids is 1. The Morgan fingerprint density at radius 1 is 1.10 bits per heavy atom. The Hall–Kier alpha value is -2.81. The van der Waals surface area contributed by atoms with Crippen LogP contribution in [0.3, 0.4) is 0 Å². The molecule has 0 aliphatic rings. The van der Waals surface area contributed by atoms with Crippen molar-refractivity contribution in [3.05, 3.63) is 76.3 Å². The number of halogens is 1. The lowest BCUT2D eigenvalue weighted by atomic mass is 10.1. The topological polar surface area (TPSA) is 65.8 Å². The van der Waals surface area contributed by atoms with Gasteiger partial charge in [0.15, 0.2) is 0 Å². The number of rotatable bonds is 6. The van der Waals surface area contributed by atoms with Crippen molar-refractivity contribution >= 4 is 35.0 Å². The number of thioether (sulfide) groups is 1. The molecular formula is C23H20ClN3OS. The lowest BCUT2D eigenvalue weighted by Crippen LogP contribution is -2.14. The lowest BCUT2D eigenvalue weighted by molar-refractivity contribution is -0.115. The van der Waals surface area contributed by atoms with Crippen LogP contribution in [-0.4, -0.2) is 16.6 Å². The standard InChI is InChI=1S/C23H20ClN3OS/c1-15-4-3-5-16(2)22(15)27-21(28)12-13-29-23-18(14-25)8-11-20(26-23)17-6-9-19(24)10-7-17/h3-11H,12-13H2,1-2H3,(H,27,28). The Balaban J connectivity index is 1.66. The fourth-order valence-corrected chi connectivity index (χ4v) is 3.91. The number of carbonyl (C=O) groups is 1. The summed E-state index contributed by atoms with van der Waals surface area (Å²) in [6.45, 7) is 3.95. The van der Waals surface area contributed by atoms with Crippen LogP contribution in [0.4, 0.5) is 5.69 Å². The van der Waals surface area contributed by atoms with Crippen molar-refractivity contribution in [3.8, 4) is 17.3 Å². The number of pyridine rings is 1. The first-order valence-electron chi connectivity index (χ1n) is 9.14. The van der Waals surface area contributed by atoms with E-state index in [4.69, 9.17) is 11.6 Å². The summed E-state index contributed by atoms with van der Waals surface area (Å²) in [5.41, 5.74) is 5.13. The largest absolute Gasteiger partial charge is 0.326 e. The molecule has 146 valence electrons. The van der Waals surface area contributed by atoms with Gasteiger partial charge in [-0.2, -0.15) is 5.26 Å². The maximum atomic E-state index is 12.4. The third kappa shape index (κ3) is 5.38. The van der Waals surface area contributed by atoms with Crippen LogP contribution in [0.1, 0.15) is 23.1 Å². The van der Waals surface area contributed by atoms with Crippen LogP contribution in [0.2, 0.25) is 5.02 Å². The van der Waals surface area contributed by atoms with Crippen LogP contribution < -0.4 is 5.32 Å². The third-order valence-electron chi connectivity index (χ3n) is 4.43. The maximum absolute atomic E-state index is 12.4. The number of aryl methyl sites for hydroxylation is 2. The molecule has 0 bridgehead atoms. The van der Waals surface area contributed by atoms with Crippen LogP contribution >= 0.6 is 23.4 Å². The number of anilines is 1. The normalized spacial score (nSPS) is 10.4. The fraction of sp³-hybridized carbons (Fsp3) is 0.174. The van der Waals surface area contributed by atoms with Gasteiger partial charge in [0.05, 0.1) is 11.3 Å². The molecule has 0 saturated heterocycles. The van der Waals surface area contributed by atoms with Gasteiger partial charge >= 0.3 is 0 Å². The summed E-state index contributed by atoms with van der Waals surface area (Å²) in [4.78, 5) is 17.0. The highest BCUT2D eigenvalue weighted by Gasteiger charge is 2.11. The van der Waals surface area contributed by atoms with Crippen molar-refractivity contribution in [1.82, 2.24) is 4.98 Å². The number of nitrogens with one attached hydrogen (secondary N) is 1. The summed E-state index contributed by atoms with van der Waals surface area (Å²) in [6.07, 6.45) is 0.330. The number of nitrogens with zero attached hydrogens (tertiary/aromatic N) is 2. The molecule has 3 aromatic rings. The van der Waals surface area contributed by atoms with E-state index in [2.05, 4.69) is 16.4 Å². The summed E-state index contributed by atoms with van der Waals surface area (Å²) in [5, 5.41) is 13.7. The number of para-hydroxylation sites is 1. The van der Waals surface area contributed by atoms with Crippen molar-refractivity contribution in [2.45, 2.75) is 25.3 Å². The number of amides is 1. The molecule has 0 saturated carbocycles. The van der Waals surface area contributed by atoms with Gasteiger partial charge in [0, 0.05) is 28.4 Å². The first-order chi connectivity index (χ1) is 14.0. The Bertz CT molecular complexity index is 1050. The van der Waals surface area contributed by atoms with Gasteiger partial charge < -0.3 is 5.32 Å². The van der Waals surface area contributed by atoms with Gasteiger partial charge in [-0.3, -0.25) is 4.79 Å². The van der Waals surface area contributed by atoms with E-state index in [1.165, 1.54) is 11.8 Å². The zero-order chi connectivity index (χ0) is 20.8. The Kier molecular flexibility index (Phi) is 6.92. The van der Waals surface area contributed by atoms with Crippen LogP contribution in [0.15, 0.2) is 59.6 Å². The fourth-order valence-electron chi connectivity index (χ4n) is 2.87. The molecule has 0 atom stereocenters. The van der Waals surface area contributed by atoms with Gasteiger partial charge in [0.2, 0.25) is 5.91 Å². The SMILES string of the molecule is Cc1cccc(C)c1NC(=O)CCSc1nc(-c2ccc(Cl)cc2)ccc1C#N. The van der Waals surface area contributed by atoms with Crippen LogP contribution in [-0.2, 0) is 4.79 Å².